The van der Waals surface area contributed by atoms with Crippen LogP contribution in [0.1, 0.15) is 49.9 Å². The van der Waals surface area contributed by atoms with Gasteiger partial charge in [-0.1, -0.05) is 12.5 Å². The topological polar surface area (TPSA) is 15.3 Å². The summed E-state index contributed by atoms with van der Waals surface area (Å²) in [6.45, 7) is 2.31. The second-order valence-corrected chi connectivity index (χ2v) is 6.96. The zero-order valence-corrected chi connectivity index (χ0v) is 12.2. The van der Waals surface area contributed by atoms with E-state index in [1.807, 2.05) is 11.3 Å². The average Bonchev–Trinajstić information content (AvgIpc) is 2.84. The quantitative estimate of drug-likeness (QED) is 0.900. The third kappa shape index (κ3) is 2.49. The van der Waals surface area contributed by atoms with E-state index in [0.717, 1.165) is 12.1 Å². The molecule has 3 heterocycles. The SMILES string of the molecule is CC(NC1CC2CCCC(C1)N2C)c1cccs1. The van der Waals surface area contributed by atoms with Gasteiger partial charge in [0.25, 0.3) is 0 Å². The van der Waals surface area contributed by atoms with Gasteiger partial charge in [-0.3, -0.25) is 0 Å². The predicted octanol–water partition coefficient (Wildman–Crippen LogP) is 3.41. The van der Waals surface area contributed by atoms with Crippen LogP contribution in [-0.4, -0.2) is 30.1 Å². The minimum atomic E-state index is 0.513. The smallest absolute Gasteiger partial charge is 0.0388 e. The Morgan fingerprint density at radius 2 is 2.06 bits per heavy atom. The van der Waals surface area contributed by atoms with Crippen LogP contribution in [0.25, 0.3) is 0 Å². The second-order valence-electron chi connectivity index (χ2n) is 5.98. The van der Waals surface area contributed by atoms with Crippen molar-refractivity contribution >= 4 is 11.3 Å². The number of hydrogen-bond acceptors (Lipinski definition) is 3. The predicted molar refractivity (Wildman–Crippen MR) is 78.1 cm³/mol. The normalized spacial score (nSPS) is 34.4. The molecule has 0 aromatic carbocycles. The molecule has 1 aromatic rings. The molecule has 3 unspecified atom stereocenters. The highest BCUT2D eigenvalue weighted by Crippen LogP contribution is 2.33. The molecule has 100 valence electrons. The Morgan fingerprint density at radius 1 is 1.33 bits per heavy atom. The number of piperidine rings is 2. The Balaban J connectivity index is 1.61. The van der Waals surface area contributed by atoms with Gasteiger partial charge in [-0.15, -0.1) is 11.3 Å². The Morgan fingerprint density at radius 3 is 2.67 bits per heavy atom. The van der Waals surface area contributed by atoms with Crippen molar-refractivity contribution in [2.75, 3.05) is 7.05 Å². The lowest BCUT2D eigenvalue weighted by Crippen LogP contribution is -2.54. The van der Waals surface area contributed by atoms with Crippen LogP contribution in [0.2, 0.25) is 0 Å². The third-order valence-corrected chi connectivity index (χ3v) is 5.85. The molecule has 2 nitrogen and oxygen atoms in total. The first-order chi connectivity index (χ1) is 8.74. The van der Waals surface area contributed by atoms with Crippen LogP contribution >= 0.6 is 11.3 Å². The number of thiophene rings is 1. The molecule has 2 aliphatic rings. The third-order valence-electron chi connectivity index (χ3n) is 4.80. The Kier molecular flexibility index (Phi) is 3.73. The maximum atomic E-state index is 3.85. The fourth-order valence-electron chi connectivity index (χ4n) is 3.73. The van der Waals surface area contributed by atoms with Crippen LogP contribution in [0.15, 0.2) is 17.5 Å². The Hall–Kier alpha value is -0.380. The largest absolute Gasteiger partial charge is 0.307 e. The summed E-state index contributed by atoms with van der Waals surface area (Å²) >= 11 is 1.87. The van der Waals surface area contributed by atoms with E-state index < -0.39 is 0 Å². The first kappa shape index (κ1) is 12.6. The van der Waals surface area contributed by atoms with Gasteiger partial charge in [0.1, 0.15) is 0 Å². The Labute approximate surface area is 114 Å². The zero-order chi connectivity index (χ0) is 12.5. The van der Waals surface area contributed by atoms with Crippen molar-refractivity contribution in [3.63, 3.8) is 0 Å². The van der Waals surface area contributed by atoms with Gasteiger partial charge >= 0.3 is 0 Å². The van der Waals surface area contributed by atoms with Crippen molar-refractivity contribution in [1.29, 1.82) is 0 Å². The van der Waals surface area contributed by atoms with Crippen LogP contribution < -0.4 is 5.32 Å². The van der Waals surface area contributed by atoms with Gasteiger partial charge in [0, 0.05) is 29.0 Å². The van der Waals surface area contributed by atoms with Gasteiger partial charge < -0.3 is 10.2 Å². The van der Waals surface area contributed by atoms with Gasteiger partial charge in [-0.05, 0) is 51.1 Å². The lowest BCUT2D eigenvalue weighted by atomic mass is 9.82. The summed E-state index contributed by atoms with van der Waals surface area (Å²) in [6.07, 6.45) is 6.91. The molecule has 1 N–H and O–H groups in total. The Bertz CT molecular complexity index is 362. The minimum absolute atomic E-state index is 0.513. The van der Waals surface area contributed by atoms with Crippen molar-refractivity contribution < 1.29 is 0 Å². The molecule has 0 saturated carbocycles. The van der Waals surface area contributed by atoms with Crippen LogP contribution in [-0.2, 0) is 0 Å². The molecule has 18 heavy (non-hydrogen) atoms. The van der Waals surface area contributed by atoms with Crippen LogP contribution in [0.3, 0.4) is 0 Å². The van der Waals surface area contributed by atoms with Crippen molar-refractivity contribution in [3.05, 3.63) is 22.4 Å². The lowest BCUT2D eigenvalue weighted by molar-refractivity contribution is 0.0464. The molecule has 2 fully saturated rings. The first-order valence-corrected chi connectivity index (χ1v) is 8.13. The summed E-state index contributed by atoms with van der Waals surface area (Å²) in [6, 6.07) is 7.28. The summed E-state index contributed by atoms with van der Waals surface area (Å²) in [4.78, 5) is 4.11. The molecular formula is C15H24N2S. The summed E-state index contributed by atoms with van der Waals surface area (Å²) in [5.74, 6) is 0. The van der Waals surface area contributed by atoms with Crippen molar-refractivity contribution in [2.24, 2.45) is 0 Å². The zero-order valence-electron chi connectivity index (χ0n) is 11.4. The highest BCUT2D eigenvalue weighted by Gasteiger charge is 2.36. The number of nitrogens with zero attached hydrogens (tertiary/aromatic N) is 1. The molecule has 0 radical (unpaired) electrons. The number of nitrogens with one attached hydrogen (secondary N) is 1. The summed E-state index contributed by atoms with van der Waals surface area (Å²) < 4.78 is 0. The minimum Gasteiger partial charge on any atom is -0.307 e. The van der Waals surface area contributed by atoms with Gasteiger partial charge in [0.2, 0.25) is 0 Å². The van der Waals surface area contributed by atoms with E-state index in [9.17, 15) is 0 Å². The van der Waals surface area contributed by atoms with E-state index in [-0.39, 0.29) is 0 Å². The van der Waals surface area contributed by atoms with Gasteiger partial charge in [-0.2, -0.15) is 0 Å². The summed E-state index contributed by atoms with van der Waals surface area (Å²) in [5.41, 5.74) is 0. The van der Waals surface area contributed by atoms with Gasteiger partial charge in [0.15, 0.2) is 0 Å². The van der Waals surface area contributed by atoms with E-state index in [4.69, 9.17) is 0 Å². The highest BCUT2D eigenvalue weighted by molar-refractivity contribution is 7.10. The highest BCUT2D eigenvalue weighted by atomic mass is 32.1. The van der Waals surface area contributed by atoms with Crippen molar-refractivity contribution in [1.82, 2.24) is 10.2 Å². The standard InChI is InChI=1S/C15H24N2S/c1-11(15-7-4-8-18-15)16-12-9-13-5-3-6-14(10-12)17(13)2/h4,7-8,11-14,16H,3,5-6,9-10H2,1-2H3. The maximum absolute atomic E-state index is 3.85. The van der Waals surface area contributed by atoms with E-state index in [1.54, 1.807) is 0 Å². The molecule has 2 bridgehead atoms. The molecule has 3 atom stereocenters. The van der Waals surface area contributed by atoms with E-state index in [1.165, 1.54) is 37.0 Å². The summed E-state index contributed by atoms with van der Waals surface area (Å²) in [7, 11) is 2.33. The van der Waals surface area contributed by atoms with Crippen LogP contribution in [0.4, 0.5) is 0 Å². The molecular weight excluding hydrogens is 240 g/mol. The van der Waals surface area contributed by atoms with Crippen molar-refractivity contribution in [3.8, 4) is 0 Å². The molecule has 0 spiro atoms. The fraction of sp³-hybridized carbons (Fsp3) is 0.733. The van der Waals surface area contributed by atoms with Crippen molar-refractivity contribution in [2.45, 2.75) is 63.2 Å². The lowest BCUT2D eigenvalue weighted by Gasteiger charge is -2.47. The average molecular weight is 264 g/mol. The number of fused-ring (bicyclic) bond motifs is 2. The monoisotopic (exact) mass is 264 g/mol. The summed E-state index contributed by atoms with van der Waals surface area (Å²) in [5, 5.41) is 6.03. The second kappa shape index (κ2) is 5.32. The van der Waals surface area contributed by atoms with Gasteiger partial charge in [-0.25, -0.2) is 0 Å². The molecule has 0 amide bonds. The van der Waals surface area contributed by atoms with Crippen LogP contribution in [0, 0.1) is 0 Å². The number of rotatable bonds is 3. The van der Waals surface area contributed by atoms with Gasteiger partial charge in [0.05, 0.1) is 0 Å². The first-order valence-electron chi connectivity index (χ1n) is 7.25. The molecule has 1 aromatic heterocycles. The molecule has 2 saturated heterocycles. The fourth-order valence-corrected chi connectivity index (χ4v) is 4.47. The maximum Gasteiger partial charge on any atom is 0.0388 e. The molecule has 0 aliphatic carbocycles. The van der Waals surface area contributed by atoms with E-state index in [2.05, 4.69) is 41.7 Å². The van der Waals surface area contributed by atoms with E-state index in [0.29, 0.717) is 12.1 Å². The molecule has 3 rings (SSSR count). The van der Waals surface area contributed by atoms with Crippen LogP contribution in [0.5, 0.6) is 0 Å². The number of hydrogen-bond donors (Lipinski definition) is 1. The van der Waals surface area contributed by atoms with E-state index >= 15 is 0 Å². The molecule has 3 heteroatoms. The molecule has 2 aliphatic heterocycles.